The Kier molecular flexibility index (Phi) is 4.64. The molecule has 3 fully saturated rings. The molecule has 4 aliphatic carbocycles. The standard InChI is InChI=1S/C21H32N2O5/c1-19-7-5-13(22-27)9-12(19)3-4-14-15-6-8-21(26,17(11-24)23-28)20(15,2)10-16(25)18(14)19/h9,14-16,18,24-28H,3-8,10-11H2,1-2H3/t14-,15-,16-,18+,19-,20-,21-/m0/s1. The van der Waals surface area contributed by atoms with Gasteiger partial charge in [0, 0.05) is 5.41 Å². The van der Waals surface area contributed by atoms with E-state index in [1.165, 1.54) is 5.57 Å². The van der Waals surface area contributed by atoms with Crippen LogP contribution in [-0.4, -0.2) is 55.5 Å². The number of allylic oxidation sites excluding steroid dienone is 2. The number of aliphatic hydroxyl groups excluding tert-OH is 2. The Balaban J connectivity index is 1.73. The molecule has 0 bridgehead atoms. The molecule has 0 saturated heterocycles. The van der Waals surface area contributed by atoms with E-state index in [-0.39, 0.29) is 28.9 Å². The van der Waals surface area contributed by atoms with Crippen LogP contribution < -0.4 is 0 Å². The molecule has 0 radical (unpaired) electrons. The van der Waals surface area contributed by atoms with Gasteiger partial charge < -0.3 is 25.7 Å². The third-order valence-electron chi connectivity index (χ3n) is 8.94. The summed E-state index contributed by atoms with van der Waals surface area (Å²) in [5.74, 6) is 0.550. The summed E-state index contributed by atoms with van der Waals surface area (Å²) in [5, 5.41) is 57.6. The summed E-state index contributed by atoms with van der Waals surface area (Å²) in [5.41, 5.74) is -0.189. The van der Waals surface area contributed by atoms with Crippen LogP contribution in [0.15, 0.2) is 22.0 Å². The number of fused-ring (bicyclic) bond motifs is 5. The lowest BCUT2D eigenvalue weighted by Gasteiger charge is -2.60. The van der Waals surface area contributed by atoms with Crippen LogP contribution in [0.5, 0.6) is 0 Å². The molecule has 0 aromatic carbocycles. The zero-order valence-electron chi connectivity index (χ0n) is 16.7. The lowest BCUT2D eigenvalue weighted by Crippen LogP contribution is -2.62. The van der Waals surface area contributed by atoms with Crippen LogP contribution in [-0.2, 0) is 0 Å². The van der Waals surface area contributed by atoms with E-state index in [4.69, 9.17) is 0 Å². The van der Waals surface area contributed by atoms with E-state index >= 15 is 0 Å². The highest BCUT2D eigenvalue weighted by Crippen LogP contribution is 2.67. The first-order valence-corrected chi connectivity index (χ1v) is 10.4. The van der Waals surface area contributed by atoms with Crippen LogP contribution in [0.3, 0.4) is 0 Å². The maximum atomic E-state index is 11.5. The van der Waals surface area contributed by atoms with Crippen molar-refractivity contribution in [2.24, 2.45) is 38.9 Å². The van der Waals surface area contributed by atoms with E-state index in [1.807, 2.05) is 13.0 Å². The first kappa shape index (κ1) is 19.9. The predicted octanol–water partition coefficient (Wildman–Crippen LogP) is 2.30. The van der Waals surface area contributed by atoms with Gasteiger partial charge in [0.15, 0.2) is 0 Å². The summed E-state index contributed by atoms with van der Waals surface area (Å²) >= 11 is 0. The Hall–Kier alpha value is -1.44. The average molecular weight is 392 g/mol. The highest BCUT2D eigenvalue weighted by atomic mass is 16.4. The molecule has 0 aromatic heterocycles. The zero-order chi connectivity index (χ0) is 20.3. The molecule has 0 aromatic rings. The van der Waals surface area contributed by atoms with E-state index in [1.54, 1.807) is 0 Å². The van der Waals surface area contributed by atoms with Crippen molar-refractivity contribution in [1.29, 1.82) is 0 Å². The fourth-order valence-corrected chi connectivity index (χ4v) is 7.50. The molecule has 0 amide bonds. The Morgan fingerprint density at radius 1 is 1.18 bits per heavy atom. The molecule has 7 nitrogen and oxygen atoms in total. The van der Waals surface area contributed by atoms with E-state index in [2.05, 4.69) is 17.2 Å². The van der Waals surface area contributed by atoms with Gasteiger partial charge in [-0.25, -0.2) is 0 Å². The SMILES string of the molecule is C[C@]12CCC(=NO)C=C1CC[C@@H]1[C@@H]2[C@@H](O)C[C@@]2(C)[C@H]1CC[C@]2(O)C(CO)=NO. The molecule has 156 valence electrons. The lowest BCUT2D eigenvalue weighted by molar-refractivity contribution is -0.152. The molecule has 0 heterocycles. The van der Waals surface area contributed by atoms with Gasteiger partial charge in [-0.1, -0.05) is 29.7 Å². The predicted molar refractivity (Wildman–Crippen MR) is 104 cm³/mol. The van der Waals surface area contributed by atoms with Gasteiger partial charge in [-0.15, -0.1) is 0 Å². The Morgan fingerprint density at radius 3 is 2.57 bits per heavy atom. The smallest absolute Gasteiger partial charge is 0.114 e. The molecular formula is C21H32N2O5. The van der Waals surface area contributed by atoms with E-state index in [9.17, 15) is 25.7 Å². The molecule has 4 aliphatic rings. The second-order valence-electron chi connectivity index (χ2n) is 9.81. The van der Waals surface area contributed by atoms with E-state index in [0.29, 0.717) is 25.0 Å². The fourth-order valence-electron chi connectivity index (χ4n) is 7.50. The highest BCUT2D eigenvalue weighted by Gasteiger charge is 2.67. The quantitative estimate of drug-likeness (QED) is 0.280. The molecule has 7 heteroatoms. The minimum absolute atomic E-state index is 0.00669. The molecule has 28 heavy (non-hydrogen) atoms. The summed E-state index contributed by atoms with van der Waals surface area (Å²) < 4.78 is 0. The number of nitrogens with zero attached hydrogens (tertiary/aromatic N) is 2. The number of oxime groups is 2. The molecule has 3 saturated carbocycles. The molecule has 0 spiro atoms. The largest absolute Gasteiger partial charge is 0.411 e. The minimum Gasteiger partial charge on any atom is -0.411 e. The number of hydrogen-bond acceptors (Lipinski definition) is 7. The van der Waals surface area contributed by atoms with Gasteiger partial charge in [0.05, 0.1) is 18.4 Å². The first-order valence-electron chi connectivity index (χ1n) is 10.4. The number of rotatable bonds is 2. The van der Waals surface area contributed by atoms with Crippen LogP contribution in [0.2, 0.25) is 0 Å². The number of hydrogen-bond donors (Lipinski definition) is 5. The van der Waals surface area contributed by atoms with Crippen LogP contribution >= 0.6 is 0 Å². The maximum absolute atomic E-state index is 11.5. The normalized spacial score (nSPS) is 50.0. The van der Waals surface area contributed by atoms with Gasteiger partial charge in [-0.2, -0.15) is 0 Å². The van der Waals surface area contributed by atoms with Crippen LogP contribution in [0.1, 0.15) is 58.8 Å². The molecule has 7 atom stereocenters. The van der Waals surface area contributed by atoms with Crippen LogP contribution in [0.25, 0.3) is 0 Å². The summed E-state index contributed by atoms with van der Waals surface area (Å²) in [6, 6.07) is 0. The van der Waals surface area contributed by atoms with Crippen molar-refractivity contribution in [3.8, 4) is 0 Å². The van der Waals surface area contributed by atoms with Gasteiger partial charge in [-0.05, 0) is 74.2 Å². The molecular weight excluding hydrogens is 360 g/mol. The molecule has 5 N–H and O–H groups in total. The van der Waals surface area contributed by atoms with E-state index < -0.39 is 23.7 Å². The van der Waals surface area contributed by atoms with Gasteiger partial charge in [-0.3, -0.25) is 0 Å². The van der Waals surface area contributed by atoms with Gasteiger partial charge in [0.1, 0.15) is 11.3 Å². The highest BCUT2D eigenvalue weighted by molar-refractivity contribution is 5.96. The first-order chi connectivity index (χ1) is 13.2. The van der Waals surface area contributed by atoms with Gasteiger partial charge in [0.25, 0.3) is 0 Å². The minimum atomic E-state index is -1.40. The van der Waals surface area contributed by atoms with Crippen molar-refractivity contribution in [3.63, 3.8) is 0 Å². The summed E-state index contributed by atoms with van der Waals surface area (Å²) in [6.45, 7) is 3.72. The summed E-state index contributed by atoms with van der Waals surface area (Å²) in [4.78, 5) is 0. The monoisotopic (exact) mass is 392 g/mol. The van der Waals surface area contributed by atoms with Crippen molar-refractivity contribution in [2.75, 3.05) is 6.61 Å². The maximum Gasteiger partial charge on any atom is 0.114 e. The molecule has 0 unspecified atom stereocenters. The Bertz CT molecular complexity index is 749. The second-order valence-corrected chi connectivity index (χ2v) is 9.81. The van der Waals surface area contributed by atoms with Crippen molar-refractivity contribution < 1.29 is 25.7 Å². The molecule has 4 rings (SSSR count). The number of aliphatic hydroxyl groups is 3. The second kappa shape index (κ2) is 6.54. The summed E-state index contributed by atoms with van der Waals surface area (Å²) in [6.07, 6.45) is 6.43. The third-order valence-corrected chi connectivity index (χ3v) is 8.94. The van der Waals surface area contributed by atoms with Crippen molar-refractivity contribution >= 4 is 11.4 Å². The average Bonchev–Trinajstić information content (AvgIpc) is 2.93. The topological polar surface area (TPSA) is 126 Å². The summed E-state index contributed by atoms with van der Waals surface area (Å²) in [7, 11) is 0. The van der Waals surface area contributed by atoms with Crippen molar-refractivity contribution in [2.45, 2.75) is 70.5 Å². The van der Waals surface area contributed by atoms with Crippen molar-refractivity contribution in [1.82, 2.24) is 0 Å². The van der Waals surface area contributed by atoms with Crippen LogP contribution in [0, 0.1) is 28.6 Å². The Morgan fingerprint density at radius 2 is 1.93 bits per heavy atom. The van der Waals surface area contributed by atoms with Crippen molar-refractivity contribution in [3.05, 3.63) is 11.6 Å². The zero-order valence-corrected chi connectivity index (χ0v) is 16.7. The van der Waals surface area contributed by atoms with Crippen LogP contribution in [0.4, 0.5) is 0 Å². The van der Waals surface area contributed by atoms with Gasteiger partial charge in [0.2, 0.25) is 0 Å². The van der Waals surface area contributed by atoms with E-state index in [0.717, 1.165) is 25.7 Å². The van der Waals surface area contributed by atoms with Gasteiger partial charge >= 0.3 is 0 Å². The third kappa shape index (κ3) is 2.39. The molecule has 0 aliphatic heterocycles. The lowest BCUT2D eigenvalue weighted by atomic mass is 9.45. The Labute approximate surface area is 165 Å². The fraction of sp³-hybridized carbons (Fsp3) is 0.810.